The van der Waals surface area contributed by atoms with Crippen LogP contribution >= 0.6 is 0 Å². The maximum Gasteiger partial charge on any atom is 0.277 e. The lowest BCUT2D eigenvalue weighted by atomic mass is 10.1. The van der Waals surface area contributed by atoms with Crippen LogP contribution in [0.1, 0.15) is 12.5 Å². The van der Waals surface area contributed by atoms with Crippen LogP contribution in [0.4, 0.5) is 0 Å². The molecule has 0 aliphatic rings. The molecule has 3 rings (SSSR count). The van der Waals surface area contributed by atoms with E-state index in [9.17, 15) is 9.90 Å². The number of hydrogen-bond acceptors (Lipinski definition) is 4. The van der Waals surface area contributed by atoms with Crippen LogP contribution in [0.15, 0.2) is 84.0 Å². The molecule has 1 amide bonds. The first kappa shape index (κ1) is 18.2. The van der Waals surface area contributed by atoms with Crippen LogP contribution in [0.3, 0.4) is 0 Å². The van der Waals surface area contributed by atoms with Gasteiger partial charge in [0.2, 0.25) is 0 Å². The lowest BCUT2D eigenvalue weighted by Crippen LogP contribution is -2.25. The topological polar surface area (TPSA) is 70.9 Å². The number of hydrazone groups is 1. The first-order chi connectivity index (χ1) is 13.1. The number of amides is 1. The highest BCUT2D eigenvalue weighted by Crippen LogP contribution is 2.29. The van der Waals surface area contributed by atoms with Gasteiger partial charge in [-0.3, -0.25) is 4.79 Å². The number of ether oxygens (including phenoxy) is 1. The maximum atomic E-state index is 12.1. The number of nitrogens with one attached hydrogen (secondary N) is 1. The van der Waals surface area contributed by atoms with Gasteiger partial charge < -0.3 is 9.84 Å². The van der Waals surface area contributed by atoms with Gasteiger partial charge in [-0.15, -0.1) is 0 Å². The van der Waals surface area contributed by atoms with Gasteiger partial charge in [0.25, 0.3) is 5.91 Å². The zero-order valence-corrected chi connectivity index (χ0v) is 14.9. The summed E-state index contributed by atoms with van der Waals surface area (Å²) < 4.78 is 5.69. The van der Waals surface area contributed by atoms with Crippen LogP contribution in [0.5, 0.6) is 11.5 Å². The second-order valence-electron chi connectivity index (χ2n) is 5.93. The monoisotopic (exact) mass is 360 g/mol. The number of benzene rings is 3. The Hall–Kier alpha value is -3.60. The molecular weight excluding hydrogens is 340 g/mol. The summed E-state index contributed by atoms with van der Waals surface area (Å²) in [7, 11) is 0. The van der Waals surface area contributed by atoms with E-state index in [1.54, 1.807) is 31.2 Å². The Kier molecular flexibility index (Phi) is 5.84. The van der Waals surface area contributed by atoms with Crippen LogP contribution < -0.4 is 10.2 Å². The van der Waals surface area contributed by atoms with E-state index in [1.807, 2.05) is 54.6 Å². The molecule has 3 aromatic carbocycles. The molecule has 3 aromatic rings. The SMILES string of the molecule is C/C(=N\NC(=O)COc1ccccc1-c1ccccc1)c1ccc(O)cc1. The van der Waals surface area contributed by atoms with Gasteiger partial charge in [-0.05, 0) is 48.4 Å². The molecule has 2 N–H and O–H groups in total. The fourth-order valence-corrected chi connectivity index (χ4v) is 2.54. The Morgan fingerprint density at radius 3 is 2.37 bits per heavy atom. The van der Waals surface area contributed by atoms with Crippen molar-refractivity contribution in [3.05, 3.63) is 84.4 Å². The molecule has 0 aromatic heterocycles. The molecule has 0 saturated carbocycles. The van der Waals surface area contributed by atoms with Crippen molar-refractivity contribution in [3.63, 3.8) is 0 Å². The van der Waals surface area contributed by atoms with Gasteiger partial charge in [0.1, 0.15) is 11.5 Å². The standard InChI is InChI=1S/C22H20N2O3/c1-16(17-11-13-19(25)14-12-17)23-24-22(26)15-27-21-10-6-5-9-20(21)18-7-3-2-4-8-18/h2-14,25H,15H2,1H3,(H,24,26)/b23-16+. The fraction of sp³-hybridized carbons (Fsp3) is 0.0909. The van der Waals surface area contributed by atoms with Gasteiger partial charge in [0.05, 0.1) is 5.71 Å². The zero-order chi connectivity index (χ0) is 19.1. The number of phenolic OH excluding ortho intramolecular Hbond substituents is 1. The predicted octanol–water partition coefficient (Wildman–Crippen LogP) is 3.98. The summed E-state index contributed by atoms with van der Waals surface area (Å²) >= 11 is 0. The number of carbonyl (C=O) groups excluding carboxylic acids is 1. The smallest absolute Gasteiger partial charge is 0.277 e. The summed E-state index contributed by atoms with van der Waals surface area (Å²) in [4.78, 5) is 12.1. The van der Waals surface area contributed by atoms with E-state index >= 15 is 0 Å². The first-order valence-corrected chi connectivity index (χ1v) is 8.53. The van der Waals surface area contributed by atoms with E-state index in [1.165, 1.54) is 0 Å². The number of carbonyl (C=O) groups is 1. The largest absolute Gasteiger partial charge is 0.508 e. The summed E-state index contributed by atoms with van der Waals surface area (Å²) in [5, 5.41) is 13.4. The number of nitrogens with zero attached hydrogens (tertiary/aromatic N) is 1. The number of hydrogen-bond donors (Lipinski definition) is 2. The molecule has 0 fully saturated rings. The molecule has 0 atom stereocenters. The molecule has 0 aliphatic carbocycles. The van der Waals surface area contributed by atoms with Gasteiger partial charge in [-0.2, -0.15) is 5.10 Å². The molecule has 0 unspecified atom stereocenters. The van der Waals surface area contributed by atoms with Crippen LogP contribution in [0, 0.1) is 0 Å². The Balaban J connectivity index is 1.61. The van der Waals surface area contributed by atoms with Gasteiger partial charge in [-0.25, -0.2) is 5.43 Å². The Morgan fingerprint density at radius 1 is 0.963 bits per heavy atom. The average molecular weight is 360 g/mol. The second kappa shape index (κ2) is 8.67. The molecule has 0 saturated heterocycles. The average Bonchev–Trinajstić information content (AvgIpc) is 2.72. The van der Waals surface area contributed by atoms with Crippen LogP contribution in [-0.2, 0) is 4.79 Å². The van der Waals surface area contributed by atoms with E-state index in [0.29, 0.717) is 11.5 Å². The summed E-state index contributed by atoms with van der Waals surface area (Å²) in [6.07, 6.45) is 0. The van der Waals surface area contributed by atoms with Gasteiger partial charge in [0, 0.05) is 5.56 Å². The van der Waals surface area contributed by atoms with Crippen LogP contribution in [0.2, 0.25) is 0 Å². The quantitative estimate of drug-likeness (QED) is 0.516. The molecule has 5 heteroatoms. The Labute approximate surface area is 157 Å². The van der Waals surface area contributed by atoms with E-state index in [2.05, 4.69) is 10.5 Å². The molecule has 27 heavy (non-hydrogen) atoms. The molecule has 0 aliphatic heterocycles. The van der Waals surface area contributed by atoms with E-state index in [-0.39, 0.29) is 18.3 Å². The van der Waals surface area contributed by atoms with Gasteiger partial charge >= 0.3 is 0 Å². The molecule has 0 spiro atoms. The molecule has 0 heterocycles. The van der Waals surface area contributed by atoms with E-state index < -0.39 is 0 Å². The Morgan fingerprint density at radius 2 is 1.63 bits per heavy atom. The van der Waals surface area contributed by atoms with Gasteiger partial charge in [0.15, 0.2) is 6.61 Å². The summed E-state index contributed by atoms with van der Waals surface area (Å²) in [5.41, 5.74) is 5.88. The second-order valence-corrected chi connectivity index (χ2v) is 5.93. The minimum absolute atomic E-state index is 0.143. The normalized spacial score (nSPS) is 11.1. The van der Waals surface area contributed by atoms with Crippen molar-refractivity contribution < 1.29 is 14.6 Å². The van der Waals surface area contributed by atoms with Gasteiger partial charge in [-0.1, -0.05) is 48.5 Å². The predicted molar refractivity (Wildman–Crippen MR) is 106 cm³/mol. The number of aromatic hydroxyl groups is 1. The number of rotatable bonds is 6. The third-order valence-electron chi connectivity index (χ3n) is 3.96. The maximum absolute atomic E-state index is 12.1. The number of para-hydroxylation sites is 1. The van der Waals surface area contributed by atoms with Crippen molar-refractivity contribution >= 4 is 11.6 Å². The third kappa shape index (κ3) is 4.95. The minimum Gasteiger partial charge on any atom is -0.508 e. The van der Waals surface area contributed by atoms with Crippen molar-refractivity contribution in [2.75, 3.05) is 6.61 Å². The highest BCUT2D eigenvalue weighted by Gasteiger charge is 2.08. The summed E-state index contributed by atoms with van der Waals surface area (Å²) in [6, 6.07) is 24.0. The van der Waals surface area contributed by atoms with Crippen molar-refractivity contribution in [2.24, 2.45) is 5.10 Å². The zero-order valence-electron chi connectivity index (χ0n) is 14.9. The minimum atomic E-state index is -0.351. The van der Waals surface area contributed by atoms with Crippen LogP contribution in [0.25, 0.3) is 11.1 Å². The van der Waals surface area contributed by atoms with Crippen molar-refractivity contribution in [3.8, 4) is 22.6 Å². The van der Waals surface area contributed by atoms with Crippen molar-refractivity contribution in [1.29, 1.82) is 0 Å². The van der Waals surface area contributed by atoms with Crippen molar-refractivity contribution in [1.82, 2.24) is 5.43 Å². The highest BCUT2D eigenvalue weighted by molar-refractivity contribution is 5.99. The molecular formula is C22H20N2O3. The highest BCUT2D eigenvalue weighted by atomic mass is 16.5. The third-order valence-corrected chi connectivity index (χ3v) is 3.96. The Bertz CT molecular complexity index is 935. The van der Waals surface area contributed by atoms with Crippen LogP contribution in [-0.4, -0.2) is 23.3 Å². The summed E-state index contributed by atoms with van der Waals surface area (Å²) in [6.45, 7) is 1.63. The van der Waals surface area contributed by atoms with E-state index in [0.717, 1.165) is 16.7 Å². The van der Waals surface area contributed by atoms with Crippen molar-refractivity contribution in [2.45, 2.75) is 6.92 Å². The molecule has 136 valence electrons. The lowest BCUT2D eigenvalue weighted by Gasteiger charge is -2.11. The fourth-order valence-electron chi connectivity index (χ4n) is 2.54. The first-order valence-electron chi connectivity index (χ1n) is 8.53. The summed E-state index contributed by atoms with van der Waals surface area (Å²) in [5.74, 6) is 0.468. The lowest BCUT2D eigenvalue weighted by molar-refractivity contribution is -0.123. The molecule has 0 radical (unpaired) electrons. The van der Waals surface area contributed by atoms with E-state index in [4.69, 9.17) is 4.74 Å². The number of phenols is 1. The molecule has 5 nitrogen and oxygen atoms in total. The molecule has 0 bridgehead atoms.